The number of amides is 1. The molecule has 188 valence electrons. The zero-order valence-electron chi connectivity index (χ0n) is 20.4. The number of hydrogen-bond acceptors (Lipinski definition) is 8. The minimum atomic E-state index is -3.18. The average Bonchev–Trinajstić information content (AvgIpc) is 3.32. The van der Waals surface area contributed by atoms with E-state index in [9.17, 15) is 9.36 Å². The van der Waals surface area contributed by atoms with Crippen LogP contribution in [0.15, 0.2) is 53.2 Å². The predicted octanol–water partition coefficient (Wildman–Crippen LogP) is 5.70. The molecular weight excluding hydrogens is 471 g/mol. The molecule has 3 aromatic rings. The van der Waals surface area contributed by atoms with E-state index in [4.69, 9.17) is 23.0 Å². The Morgan fingerprint density at radius 2 is 1.69 bits per heavy atom. The molecule has 10 heteroatoms. The van der Waals surface area contributed by atoms with Gasteiger partial charge < -0.3 is 28.4 Å². The predicted molar refractivity (Wildman–Crippen MR) is 133 cm³/mol. The number of benzene rings is 2. The van der Waals surface area contributed by atoms with Crippen molar-refractivity contribution >= 4 is 19.2 Å². The number of anilines is 1. The number of aromatic nitrogens is 1. The summed E-state index contributed by atoms with van der Waals surface area (Å²) < 4.78 is 39.5. The zero-order valence-corrected chi connectivity index (χ0v) is 21.3. The Labute approximate surface area is 205 Å². The molecule has 0 fully saturated rings. The van der Waals surface area contributed by atoms with Crippen LogP contribution in [0, 0.1) is 0 Å². The van der Waals surface area contributed by atoms with Crippen LogP contribution in [0.3, 0.4) is 0 Å². The molecule has 9 nitrogen and oxygen atoms in total. The molecule has 1 N–H and O–H groups in total. The number of ether oxygens (including phenoxy) is 2. The van der Waals surface area contributed by atoms with E-state index in [1.54, 1.807) is 70.7 Å². The Morgan fingerprint density at radius 3 is 2.31 bits per heavy atom. The summed E-state index contributed by atoms with van der Waals surface area (Å²) in [6.45, 7) is 4.18. The third kappa shape index (κ3) is 7.18. The summed E-state index contributed by atoms with van der Waals surface area (Å²) in [5.74, 6) is 1.62. The highest BCUT2D eigenvalue weighted by atomic mass is 31.2. The molecule has 0 radical (unpaired) electrons. The molecule has 1 heterocycles. The van der Waals surface area contributed by atoms with Gasteiger partial charge in [-0.2, -0.15) is 0 Å². The van der Waals surface area contributed by atoms with Gasteiger partial charge in [0, 0.05) is 23.2 Å². The maximum Gasteiger partial charge on any atom is 0.335 e. The number of methoxy groups -OCH3 is 2. The zero-order chi connectivity index (χ0) is 25.3. The van der Waals surface area contributed by atoms with E-state index >= 15 is 0 Å². The first-order valence-electron chi connectivity index (χ1n) is 11.3. The smallest absolute Gasteiger partial charge is 0.335 e. The van der Waals surface area contributed by atoms with E-state index in [2.05, 4.69) is 10.5 Å². The highest BCUT2D eigenvalue weighted by Crippen LogP contribution is 2.51. The number of aryl methyl sites for hydroxylation is 1. The third-order valence-corrected chi connectivity index (χ3v) is 7.23. The Balaban J connectivity index is 1.59. The lowest BCUT2D eigenvalue weighted by Crippen LogP contribution is -2.12. The molecular formula is C25H31N2O7P. The maximum atomic E-state index is 12.7. The van der Waals surface area contributed by atoms with Crippen molar-refractivity contribution in [2.24, 2.45) is 0 Å². The van der Waals surface area contributed by atoms with Crippen molar-refractivity contribution in [1.82, 2.24) is 5.16 Å². The van der Waals surface area contributed by atoms with Crippen LogP contribution >= 0.6 is 7.60 Å². The highest BCUT2D eigenvalue weighted by Gasteiger charge is 2.24. The Morgan fingerprint density at radius 1 is 1.00 bits per heavy atom. The van der Waals surface area contributed by atoms with Gasteiger partial charge in [-0.3, -0.25) is 9.36 Å². The Hall–Kier alpha value is -3.13. The molecule has 0 bridgehead atoms. The monoisotopic (exact) mass is 502 g/mol. The van der Waals surface area contributed by atoms with Crippen molar-refractivity contribution in [3.8, 4) is 22.8 Å². The van der Waals surface area contributed by atoms with E-state index in [-0.39, 0.29) is 18.5 Å². The van der Waals surface area contributed by atoms with Crippen molar-refractivity contribution in [2.45, 2.75) is 32.9 Å². The number of rotatable bonds is 13. The summed E-state index contributed by atoms with van der Waals surface area (Å²) in [6.07, 6.45) is 2.48. The fourth-order valence-electron chi connectivity index (χ4n) is 3.56. The lowest BCUT2D eigenvalue weighted by atomic mass is 10.0. The fourth-order valence-corrected chi connectivity index (χ4v) is 5.27. The van der Waals surface area contributed by atoms with E-state index in [1.807, 2.05) is 6.07 Å². The van der Waals surface area contributed by atoms with Gasteiger partial charge in [0.15, 0.2) is 17.3 Å². The van der Waals surface area contributed by atoms with Crippen LogP contribution in [0.25, 0.3) is 11.3 Å². The topological polar surface area (TPSA) is 109 Å². The second kappa shape index (κ2) is 12.5. The first-order chi connectivity index (χ1) is 16.9. The molecule has 0 aliphatic heterocycles. The molecule has 0 saturated carbocycles. The van der Waals surface area contributed by atoms with Gasteiger partial charge in [0.2, 0.25) is 5.91 Å². The summed E-state index contributed by atoms with van der Waals surface area (Å²) in [6, 6.07) is 12.6. The van der Waals surface area contributed by atoms with Crippen molar-refractivity contribution in [3.05, 3.63) is 59.8 Å². The molecule has 0 saturated heterocycles. The largest absolute Gasteiger partial charge is 0.493 e. The normalized spacial score (nSPS) is 11.3. The van der Waals surface area contributed by atoms with Crippen molar-refractivity contribution < 1.29 is 32.4 Å². The molecule has 0 aliphatic rings. The number of carbonyl (C=O) groups excluding carboxylic acids is 1. The van der Waals surface area contributed by atoms with Crippen LogP contribution < -0.4 is 14.8 Å². The second-order valence-electron chi connectivity index (χ2n) is 7.60. The van der Waals surface area contributed by atoms with Gasteiger partial charge in [0.1, 0.15) is 0 Å². The Kier molecular flexibility index (Phi) is 9.48. The standard InChI is InChI=1S/C25H31N2O7P/c1-5-32-35(29,33-6-2)17-18-7-11-21(12-8-18)27-24(28)14-10-20-16-26-34-25(20)19-9-13-22(30-3)23(15-19)31-4/h7-9,11-13,15-16H,5-6,10,14,17H2,1-4H3,(H,27,28). The molecule has 2 aromatic carbocycles. The molecule has 1 amide bonds. The average molecular weight is 503 g/mol. The van der Waals surface area contributed by atoms with Gasteiger partial charge in [-0.05, 0) is 56.2 Å². The molecule has 0 unspecified atom stereocenters. The summed E-state index contributed by atoms with van der Waals surface area (Å²) >= 11 is 0. The third-order valence-electron chi connectivity index (χ3n) is 5.18. The molecule has 35 heavy (non-hydrogen) atoms. The van der Waals surface area contributed by atoms with Crippen LogP contribution in [0.5, 0.6) is 11.5 Å². The SMILES string of the molecule is CCOP(=O)(Cc1ccc(NC(=O)CCc2cnoc2-c2ccc(OC)c(OC)c2)cc1)OCC. The van der Waals surface area contributed by atoms with Crippen LogP contribution in [-0.4, -0.2) is 38.5 Å². The quantitative estimate of drug-likeness (QED) is 0.297. The lowest BCUT2D eigenvalue weighted by Gasteiger charge is -2.17. The van der Waals surface area contributed by atoms with E-state index in [0.29, 0.717) is 42.6 Å². The van der Waals surface area contributed by atoms with Gasteiger partial charge in [-0.1, -0.05) is 17.3 Å². The van der Waals surface area contributed by atoms with Gasteiger partial charge in [0.25, 0.3) is 0 Å². The van der Waals surface area contributed by atoms with E-state index in [1.165, 1.54) is 0 Å². The van der Waals surface area contributed by atoms with Crippen LogP contribution in [0.1, 0.15) is 31.4 Å². The minimum absolute atomic E-state index is 0.147. The molecule has 0 aliphatic carbocycles. The lowest BCUT2D eigenvalue weighted by molar-refractivity contribution is -0.116. The maximum absolute atomic E-state index is 12.7. The van der Waals surface area contributed by atoms with Gasteiger partial charge in [0.05, 0.1) is 39.8 Å². The summed E-state index contributed by atoms with van der Waals surface area (Å²) in [4.78, 5) is 12.5. The summed E-state index contributed by atoms with van der Waals surface area (Å²) in [5.41, 5.74) is 3.04. The molecule has 3 rings (SSSR count). The van der Waals surface area contributed by atoms with Crippen LogP contribution in [0.2, 0.25) is 0 Å². The van der Waals surface area contributed by atoms with E-state index in [0.717, 1.165) is 16.7 Å². The van der Waals surface area contributed by atoms with Crippen LogP contribution in [0.4, 0.5) is 5.69 Å². The highest BCUT2D eigenvalue weighted by molar-refractivity contribution is 7.53. The van der Waals surface area contributed by atoms with E-state index < -0.39 is 7.60 Å². The number of nitrogens with one attached hydrogen (secondary N) is 1. The second-order valence-corrected chi connectivity index (χ2v) is 9.65. The van der Waals surface area contributed by atoms with Gasteiger partial charge in [-0.25, -0.2) is 0 Å². The minimum Gasteiger partial charge on any atom is -0.493 e. The Bertz CT molecular complexity index is 1150. The number of nitrogens with zero attached hydrogens (tertiary/aromatic N) is 1. The van der Waals surface area contributed by atoms with Crippen molar-refractivity contribution in [2.75, 3.05) is 32.8 Å². The number of carbonyl (C=O) groups is 1. The molecule has 1 aromatic heterocycles. The van der Waals surface area contributed by atoms with Gasteiger partial charge >= 0.3 is 7.60 Å². The number of hydrogen-bond donors (Lipinski definition) is 1. The van der Waals surface area contributed by atoms with Crippen LogP contribution in [-0.2, 0) is 31.0 Å². The summed E-state index contributed by atoms with van der Waals surface area (Å²) in [7, 11) is -0.0408. The van der Waals surface area contributed by atoms with Crippen molar-refractivity contribution in [1.29, 1.82) is 0 Å². The van der Waals surface area contributed by atoms with Gasteiger partial charge in [-0.15, -0.1) is 0 Å². The molecule has 0 spiro atoms. The first kappa shape index (κ1) is 26.5. The summed E-state index contributed by atoms with van der Waals surface area (Å²) in [5, 5.41) is 6.78. The molecule has 0 atom stereocenters. The fraction of sp³-hybridized carbons (Fsp3) is 0.360. The van der Waals surface area contributed by atoms with Crippen molar-refractivity contribution in [3.63, 3.8) is 0 Å². The first-order valence-corrected chi connectivity index (χ1v) is 13.1.